The van der Waals surface area contributed by atoms with Crippen molar-refractivity contribution in [2.45, 2.75) is 133 Å². The van der Waals surface area contributed by atoms with Crippen molar-refractivity contribution in [3.8, 4) is 23.7 Å². The van der Waals surface area contributed by atoms with Crippen molar-refractivity contribution in [1.82, 2.24) is 0 Å². The van der Waals surface area contributed by atoms with Crippen molar-refractivity contribution < 1.29 is 10.2 Å². The Kier molecular flexibility index (Phi) is 13.7. The van der Waals surface area contributed by atoms with Gasteiger partial charge in [-0.25, -0.2) is 0 Å². The van der Waals surface area contributed by atoms with Crippen molar-refractivity contribution >= 4 is 0 Å². The van der Waals surface area contributed by atoms with Crippen LogP contribution in [0.5, 0.6) is 0 Å². The number of rotatable bonds is 10. The molecule has 0 aromatic carbocycles. The molecule has 2 heteroatoms. The van der Waals surface area contributed by atoms with Crippen LogP contribution < -0.4 is 0 Å². The lowest BCUT2D eigenvalue weighted by Gasteiger charge is -2.34. The average Bonchev–Trinajstić information content (AvgIpc) is 2.84. The van der Waals surface area contributed by atoms with Gasteiger partial charge in [0.05, 0.1) is 11.9 Å². The first-order chi connectivity index (χ1) is 19.6. The summed E-state index contributed by atoms with van der Waals surface area (Å²) in [5.74, 6) is 15.1. The van der Waals surface area contributed by atoms with Gasteiger partial charge in [0.15, 0.2) is 0 Å². The quantitative estimate of drug-likeness (QED) is 0.119. The van der Waals surface area contributed by atoms with Gasteiger partial charge in [0.2, 0.25) is 0 Å². The molecule has 0 fully saturated rings. The highest BCUT2D eigenvalue weighted by Crippen LogP contribution is 2.40. The molecule has 0 saturated heterocycles. The van der Waals surface area contributed by atoms with Crippen LogP contribution in [0.25, 0.3) is 0 Å². The lowest BCUT2D eigenvalue weighted by molar-refractivity contribution is 0.117. The van der Waals surface area contributed by atoms with Crippen molar-refractivity contribution in [2.24, 2.45) is 22.7 Å². The molecular formula is C40H58O2. The third-order valence-corrected chi connectivity index (χ3v) is 8.65. The molecule has 42 heavy (non-hydrogen) atoms. The topological polar surface area (TPSA) is 40.5 Å². The molecule has 3 atom stereocenters. The third kappa shape index (κ3) is 11.9. The lowest BCUT2D eigenvalue weighted by atomic mass is 9.72. The Morgan fingerprint density at radius 3 is 2.40 bits per heavy atom. The van der Waals surface area contributed by atoms with Crippen molar-refractivity contribution in [3.05, 3.63) is 69.6 Å². The average molecular weight is 571 g/mol. The summed E-state index contributed by atoms with van der Waals surface area (Å²) in [7, 11) is 0. The van der Waals surface area contributed by atoms with Crippen LogP contribution in [0.1, 0.15) is 127 Å². The van der Waals surface area contributed by atoms with Gasteiger partial charge in [0.1, 0.15) is 0 Å². The van der Waals surface area contributed by atoms with E-state index < -0.39 is 0 Å². The summed E-state index contributed by atoms with van der Waals surface area (Å²) in [5.41, 5.74) is 7.08. The van der Waals surface area contributed by atoms with E-state index >= 15 is 0 Å². The standard InChI is InChI=1S/C40H58O2/c1-29(17-13-19-31(3)21-23-37-33(5)25-35(41)27-39(37,7)8)15-11-12-16-30(2)18-14-20-32(4)22-24-38-34(6)26-36(42)28-40(38,9)10/h13,16-17,19,26,29,32,35,41-42H,11-12,14-15,18,20,25,27-28H2,1-10H3/b17-13+,30-16+,31-19+/t29?,32?,35-/m1/s1. The Morgan fingerprint density at radius 1 is 1.02 bits per heavy atom. The molecule has 2 rings (SSSR count). The van der Waals surface area contributed by atoms with E-state index in [4.69, 9.17) is 0 Å². The van der Waals surface area contributed by atoms with E-state index in [1.807, 2.05) is 6.08 Å². The number of aliphatic hydroxyl groups is 2. The largest absolute Gasteiger partial charge is 0.512 e. The molecule has 0 saturated carbocycles. The predicted octanol–water partition coefficient (Wildman–Crippen LogP) is 10.7. The smallest absolute Gasteiger partial charge is 0.0934 e. The highest BCUT2D eigenvalue weighted by molar-refractivity contribution is 5.46. The van der Waals surface area contributed by atoms with Crippen molar-refractivity contribution in [2.75, 3.05) is 0 Å². The molecule has 0 heterocycles. The fourth-order valence-electron chi connectivity index (χ4n) is 6.32. The second-order valence-corrected chi connectivity index (χ2v) is 14.4. The summed E-state index contributed by atoms with van der Waals surface area (Å²) < 4.78 is 0. The fourth-order valence-corrected chi connectivity index (χ4v) is 6.32. The van der Waals surface area contributed by atoms with Crippen LogP contribution in [0.4, 0.5) is 0 Å². The van der Waals surface area contributed by atoms with Crippen molar-refractivity contribution in [1.29, 1.82) is 0 Å². The summed E-state index contributed by atoms with van der Waals surface area (Å²) >= 11 is 0. The Hall–Kier alpha value is -2.68. The third-order valence-electron chi connectivity index (χ3n) is 8.65. The molecule has 0 aliphatic heterocycles. The number of aliphatic hydroxyl groups excluding tert-OH is 2. The van der Waals surface area contributed by atoms with E-state index in [-0.39, 0.29) is 16.9 Å². The Bertz CT molecular complexity index is 1250. The highest BCUT2D eigenvalue weighted by atomic mass is 16.3. The van der Waals surface area contributed by atoms with Crippen LogP contribution in [0, 0.1) is 46.3 Å². The molecule has 2 nitrogen and oxygen atoms in total. The molecule has 0 radical (unpaired) electrons. The summed E-state index contributed by atoms with van der Waals surface area (Å²) in [6.07, 6.45) is 19.8. The Balaban J connectivity index is 1.72. The Labute approximate surface area is 258 Å². The number of hydrogen-bond donors (Lipinski definition) is 2. The van der Waals surface area contributed by atoms with Gasteiger partial charge in [0, 0.05) is 34.3 Å². The van der Waals surface area contributed by atoms with E-state index in [9.17, 15) is 10.2 Å². The normalized spacial score (nSPS) is 22.3. The van der Waals surface area contributed by atoms with E-state index in [1.165, 1.54) is 41.6 Å². The zero-order valence-corrected chi connectivity index (χ0v) is 28.4. The van der Waals surface area contributed by atoms with E-state index in [1.54, 1.807) is 0 Å². The lowest BCUT2D eigenvalue weighted by Crippen LogP contribution is -2.28. The minimum absolute atomic E-state index is 0.0618. The second-order valence-electron chi connectivity index (χ2n) is 14.4. The van der Waals surface area contributed by atoms with Gasteiger partial charge >= 0.3 is 0 Å². The highest BCUT2D eigenvalue weighted by Gasteiger charge is 2.32. The van der Waals surface area contributed by atoms with Gasteiger partial charge in [-0.15, -0.1) is 0 Å². The first kappa shape index (κ1) is 35.5. The molecule has 2 aliphatic carbocycles. The van der Waals surface area contributed by atoms with Gasteiger partial charge in [-0.1, -0.05) is 101 Å². The monoisotopic (exact) mass is 570 g/mol. The molecular weight excluding hydrogens is 512 g/mol. The molecule has 0 aromatic rings. The summed E-state index contributed by atoms with van der Waals surface area (Å²) in [6.45, 7) is 21.7. The van der Waals surface area contributed by atoms with Gasteiger partial charge in [-0.2, -0.15) is 0 Å². The van der Waals surface area contributed by atoms with Gasteiger partial charge in [0.25, 0.3) is 0 Å². The summed E-state index contributed by atoms with van der Waals surface area (Å²) in [5, 5.41) is 20.1. The van der Waals surface area contributed by atoms with E-state index in [0.717, 1.165) is 43.3 Å². The minimum atomic E-state index is -0.247. The molecule has 2 unspecified atom stereocenters. The molecule has 230 valence electrons. The van der Waals surface area contributed by atoms with Crippen molar-refractivity contribution in [3.63, 3.8) is 0 Å². The van der Waals surface area contributed by atoms with Gasteiger partial charge in [-0.3, -0.25) is 0 Å². The molecule has 2 N–H and O–H groups in total. The molecule has 2 aliphatic rings. The van der Waals surface area contributed by atoms with Crippen LogP contribution in [-0.4, -0.2) is 16.3 Å². The van der Waals surface area contributed by atoms with Crippen LogP contribution in [-0.2, 0) is 0 Å². The van der Waals surface area contributed by atoms with Crippen LogP contribution in [0.2, 0.25) is 0 Å². The van der Waals surface area contributed by atoms with Gasteiger partial charge in [-0.05, 0) is 102 Å². The number of hydrogen-bond acceptors (Lipinski definition) is 2. The summed E-state index contributed by atoms with van der Waals surface area (Å²) in [4.78, 5) is 0. The second kappa shape index (κ2) is 16.2. The Morgan fingerprint density at radius 2 is 1.74 bits per heavy atom. The molecule has 0 bridgehead atoms. The SMILES string of the molecule is CC1=C(C#CC(C)CCC/C(C)=C/CCCC(C)/C=C/C=C(\C)C#CC2=C(C)C[C@@H](O)CC2(C)C)C(C)(C)CC(O)=C1. The molecule has 0 spiro atoms. The van der Waals surface area contributed by atoms with Gasteiger partial charge < -0.3 is 10.2 Å². The zero-order chi connectivity index (χ0) is 31.5. The van der Waals surface area contributed by atoms with Crippen LogP contribution in [0.15, 0.2) is 69.6 Å². The van der Waals surface area contributed by atoms with E-state index in [0.29, 0.717) is 24.0 Å². The number of unbranched alkanes of at least 4 members (excludes halogenated alkanes) is 1. The van der Waals surface area contributed by atoms with E-state index in [2.05, 4.69) is 117 Å². The first-order valence-corrected chi connectivity index (χ1v) is 16.1. The van der Waals surface area contributed by atoms with Crippen LogP contribution in [0.3, 0.4) is 0 Å². The zero-order valence-electron chi connectivity index (χ0n) is 28.4. The maximum Gasteiger partial charge on any atom is 0.0934 e. The molecule has 0 aromatic heterocycles. The molecule has 0 amide bonds. The minimum Gasteiger partial charge on any atom is -0.512 e. The maximum absolute atomic E-state index is 10.1. The fraction of sp³-hybridized carbons (Fsp3) is 0.600. The number of allylic oxidation sites excluding steroid dienone is 11. The maximum atomic E-state index is 10.1. The summed E-state index contributed by atoms with van der Waals surface area (Å²) in [6, 6.07) is 0. The first-order valence-electron chi connectivity index (χ1n) is 16.1. The van der Waals surface area contributed by atoms with Crippen LogP contribution >= 0.6 is 0 Å². The predicted molar refractivity (Wildman–Crippen MR) is 182 cm³/mol.